The Morgan fingerprint density at radius 3 is 2.59 bits per heavy atom. The highest BCUT2D eigenvalue weighted by atomic mass is 32.2. The molecule has 98 valence electrons. The smallest absolute Gasteiger partial charge is 0.178 e. The molecule has 0 radical (unpaired) electrons. The standard InChI is InChI=1S/C10H19N3O3S/c1-10(2,16-3)9(11)7-13-6-8(5-12-13)17(4,14)15/h5-6,9H,7,11H2,1-4H3. The fourth-order valence-electron chi connectivity index (χ4n) is 1.21. The van der Waals surface area contributed by atoms with Crippen LogP contribution in [0.5, 0.6) is 0 Å². The van der Waals surface area contributed by atoms with Gasteiger partial charge in [-0.3, -0.25) is 4.68 Å². The van der Waals surface area contributed by atoms with Gasteiger partial charge in [-0.2, -0.15) is 5.10 Å². The third-order valence-corrected chi connectivity index (χ3v) is 3.91. The zero-order valence-corrected chi connectivity index (χ0v) is 11.4. The normalized spacial score (nSPS) is 14.9. The zero-order chi connectivity index (χ0) is 13.3. The molecular weight excluding hydrogens is 242 g/mol. The van der Waals surface area contributed by atoms with Crippen LogP contribution >= 0.6 is 0 Å². The molecule has 0 bridgehead atoms. The highest BCUT2D eigenvalue weighted by Gasteiger charge is 2.26. The predicted octanol–water partition coefficient (Wildman–Crippen LogP) is 0.0389. The Morgan fingerprint density at radius 2 is 2.18 bits per heavy atom. The molecule has 0 saturated carbocycles. The van der Waals surface area contributed by atoms with Crippen LogP contribution in [0.4, 0.5) is 0 Å². The molecule has 1 aromatic rings. The Balaban J connectivity index is 2.81. The molecule has 0 aliphatic heterocycles. The molecule has 0 aliphatic carbocycles. The summed E-state index contributed by atoms with van der Waals surface area (Å²) in [6.07, 6.45) is 3.94. The summed E-state index contributed by atoms with van der Waals surface area (Å²) in [5, 5.41) is 3.97. The SMILES string of the molecule is COC(C)(C)C(N)Cn1cc(S(C)(=O)=O)cn1. The van der Waals surface area contributed by atoms with E-state index in [9.17, 15) is 8.42 Å². The average molecular weight is 261 g/mol. The lowest BCUT2D eigenvalue weighted by atomic mass is 10.00. The van der Waals surface area contributed by atoms with Gasteiger partial charge in [0.25, 0.3) is 0 Å². The second kappa shape index (κ2) is 4.75. The van der Waals surface area contributed by atoms with Gasteiger partial charge in [-0.15, -0.1) is 0 Å². The van der Waals surface area contributed by atoms with Crippen molar-refractivity contribution < 1.29 is 13.2 Å². The maximum absolute atomic E-state index is 11.3. The Hall–Kier alpha value is -0.920. The highest BCUT2D eigenvalue weighted by molar-refractivity contribution is 7.90. The zero-order valence-electron chi connectivity index (χ0n) is 10.5. The molecule has 0 aromatic carbocycles. The predicted molar refractivity (Wildman–Crippen MR) is 64.4 cm³/mol. The molecule has 0 spiro atoms. The third kappa shape index (κ3) is 3.52. The number of nitrogens with two attached hydrogens (primary N) is 1. The van der Waals surface area contributed by atoms with Crippen molar-refractivity contribution in [3.63, 3.8) is 0 Å². The van der Waals surface area contributed by atoms with Crippen LogP contribution in [0.2, 0.25) is 0 Å². The Morgan fingerprint density at radius 1 is 1.59 bits per heavy atom. The monoisotopic (exact) mass is 261 g/mol. The summed E-state index contributed by atoms with van der Waals surface area (Å²) in [6.45, 7) is 4.15. The van der Waals surface area contributed by atoms with Crippen LogP contribution in [0, 0.1) is 0 Å². The van der Waals surface area contributed by atoms with Crippen molar-refractivity contribution >= 4 is 9.84 Å². The van der Waals surface area contributed by atoms with Gasteiger partial charge in [-0.25, -0.2) is 8.42 Å². The van der Waals surface area contributed by atoms with E-state index in [1.54, 1.807) is 7.11 Å². The molecule has 0 fully saturated rings. The molecule has 1 unspecified atom stereocenters. The highest BCUT2D eigenvalue weighted by Crippen LogP contribution is 2.14. The summed E-state index contributed by atoms with van der Waals surface area (Å²) in [4.78, 5) is 0.194. The lowest BCUT2D eigenvalue weighted by Gasteiger charge is -2.29. The molecule has 0 amide bonds. The molecule has 0 saturated heterocycles. The van der Waals surface area contributed by atoms with Gasteiger partial charge in [0.2, 0.25) is 0 Å². The fourth-order valence-corrected chi connectivity index (χ4v) is 1.76. The molecule has 1 aromatic heterocycles. The summed E-state index contributed by atoms with van der Waals surface area (Å²) in [5.41, 5.74) is 5.49. The van der Waals surface area contributed by atoms with Crippen LogP contribution in [-0.2, 0) is 21.1 Å². The number of sulfone groups is 1. The largest absolute Gasteiger partial charge is 0.377 e. The summed E-state index contributed by atoms with van der Waals surface area (Å²) in [7, 11) is -1.63. The van der Waals surface area contributed by atoms with Crippen LogP contribution in [-0.4, -0.2) is 43.2 Å². The molecule has 1 atom stereocenters. The minimum Gasteiger partial charge on any atom is -0.377 e. The summed E-state index contributed by atoms with van der Waals surface area (Å²) in [6, 6.07) is -0.278. The third-order valence-electron chi connectivity index (χ3n) is 2.84. The maximum atomic E-state index is 11.3. The Bertz CT molecular complexity index is 479. The van der Waals surface area contributed by atoms with Gasteiger partial charge in [0.15, 0.2) is 9.84 Å². The van der Waals surface area contributed by atoms with E-state index < -0.39 is 15.4 Å². The van der Waals surface area contributed by atoms with E-state index in [1.807, 2.05) is 13.8 Å². The van der Waals surface area contributed by atoms with E-state index in [1.165, 1.54) is 17.1 Å². The first kappa shape index (κ1) is 14.1. The molecule has 1 heterocycles. The van der Waals surface area contributed by atoms with E-state index in [0.717, 1.165) is 6.26 Å². The van der Waals surface area contributed by atoms with Crippen molar-refractivity contribution in [1.82, 2.24) is 9.78 Å². The lowest BCUT2D eigenvalue weighted by Crippen LogP contribution is -2.47. The number of nitrogens with zero attached hydrogens (tertiary/aromatic N) is 2. The molecule has 7 heteroatoms. The molecular formula is C10H19N3O3S. The van der Waals surface area contributed by atoms with E-state index >= 15 is 0 Å². The number of hydrogen-bond acceptors (Lipinski definition) is 5. The lowest BCUT2D eigenvalue weighted by molar-refractivity contribution is -0.00446. The first-order chi connectivity index (χ1) is 7.66. The fraction of sp³-hybridized carbons (Fsp3) is 0.700. The van der Waals surface area contributed by atoms with Crippen molar-refractivity contribution in [2.45, 2.75) is 36.9 Å². The van der Waals surface area contributed by atoms with Crippen molar-refractivity contribution in [1.29, 1.82) is 0 Å². The Kier molecular flexibility index (Phi) is 3.95. The number of methoxy groups -OCH3 is 1. The van der Waals surface area contributed by atoms with Crippen molar-refractivity contribution in [3.8, 4) is 0 Å². The van der Waals surface area contributed by atoms with Gasteiger partial charge in [-0.05, 0) is 13.8 Å². The van der Waals surface area contributed by atoms with E-state index in [2.05, 4.69) is 5.10 Å². The minimum atomic E-state index is -3.21. The topological polar surface area (TPSA) is 87.2 Å². The molecule has 1 rings (SSSR count). The first-order valence-corrected chi connectivity index (χ1v) is 7.09. The van der Waals surface area contributed by atoms with Gasteiger partial charge in [0.05, 0.1) is 24.4 Å². The molecule has 17 heavy (non-hydrogen) atoms. The van der Waals surface area contributed by atoms with Crippen LogP contribution in [0.1, 0.15) is 13.8 Å². The summed E-state index contributed by atoms with van der Waals surface area (Å²) in [5.74, 6) is 0. The van der Waals surface area contributed by atoms with Crippen molar-refractivity contribution in [2.24, 2.45) is 5.73 Å². The Labute approximate surface area is 102 Å². The average Bonchev–Trinajstić information content (AvgIpc) is 2.65. The van der Waals surface area contributed by atoms with Gasteiger partial charge in [0.1, 0.15) is 4.90 Å². The van der Waals surface area contributed by atoms with E-state index in [0.29, 0.717) is 6.54 Å². The minimum absolute atomic E-state index is 0.194. The number of aromatic nitrogens is 2. The summed E-state index contributed by atoms with van der Waals surface area (Å²) >= 11 is 0. The quantitative estimate of drug-likeness (QED) is 0.808. The second-order valence-electron chi connectivity index (χ2n) is 4.58. The van der Waals surface area contributed by atoms with Crippen LogP contribution < -0.4 is 5.73 Å². The second-order valence-corrected chi connectivity index (χ2v) is 6.60. The van der Waals surface area contributed by atoms with Gasteiger partial charge < -0.3 is 10.5 Å². The summed E-state index contributed by atoms with van der Waals surface area (Å²) < 4.78 is 29.3. The van der Waals surface area contributed by atoms with E-state index in [-0.39, 0.29) is 10.9 Å². The van der Waals surface area contributed by atoms with Gasteiger partial charge >= 0.3 is 0 Å². The molecule has 2 N–H and O–H groups in total. The molecule has 0 aliphatic rings. The van der Waals surface area contributed by atoms with Crippen LogP contribution in [0.3, 0.4) is 0 Å². The van der Waals surface area contributed by atoms with E-state index in [4.69, 9.17) is 10.5 Å². The number of ether oxygens (including phenoxy) is 1. The van der Waals surface area contributed by atoms with Crippen LogP contribution in [0.25, 0.3) is 0 Å². The first-order valence-electron chi connectivity index (χ1n) is 5.20. The number of hydrogen-bond donors (Lipinski definition) is 1. The van der Waals surface area contributed by atoms with Crippen LogP contribution in [0.15, 0.2) is 17.3 Å². The molecule has 6 nitrogen and oxygen atoms in total. The van der Waals surface area contributed by atoms with Crippen molar-refractivity contribution in [2.75, 3.05) is 13.4 Å². The van der Waals surface area contributed by atoms with Gasteiger partial charge in [-0.1, -0.05) is 0 Å². The van der Waals surface area contributed by atoms with Gasteiger partial charge in [0, 0.05) is 19.6 Å². The van der Waals surface area contributed by atoms with Crippen molar-refractivity contribution in [3.05, 3.63) is 12.4 Å². The maximum Gasteiger partial charge on any atom is 0.178 e. The number of rotatable bonds is 5.